The molecule has 136 valence electrons. The fraction of sp³-hybridized carbons (Fsp3) is 0.333. The standard InChI is InChI=1S/C18H20N4O3S/c1-20-14(17(24)21(2)18(20)25)10-16(23)22(12-15-19-8-9-26-15)11-13-6-4-3-5-7-13/h3-9,14H,10-12H2,1-2H3/t14-/m1/s1. The second-order valence-electron chi connectivity index (χ2n) is 6.17. The van der Waals surface area contributed by atoms with E-state index in [-0.39, 0.29) is 24.3 Å². The van der Waals surface area contributed by atoms with Crippen LogP contribution in [-0.4, -0.2) is 57.7 Å². The van der Waals surface area contributed by atoms with Crippen LogP contribution in [0.25, 0.3) is 0 Å². The molecule has 0 aliphatic carbocycles. The third-order valence-corrected chi connectivity index (χ3v) is 5.18. The van der Waals surface area contributed by atoms with E-state index in [1.807, 2.05) is 35.7 Å². The number of likely N-dealkylation sites (N-methyl/N-ethyl adjacent to an activating group) is 2. The third-order valence-electron chi connectivity index (χ3n) is 4.42. The molecule has 0 N–H and O–H groups in total. The fourth-order valence-corrected chi connectivity index (χ4v) is 3.53. The molecule has 0 saturated carbocycles. The highest BCUT2D eigenvalue weighted by atomic mass is 32.1. The average Bonchev–Trinajstić information content (AvgIpc) is 3.22. The highest BCUT2D eigenvalue weighted by Gasteiger charge is 2.42. The Labute approximate surface area is 155 Å². The molecule has 8 heteroatoms. The predicted octanol–water partition coefficient (Wildman–Crippen LogP) is 1.95. The molecule has 0 bridgehead atoms. The summed E-state index contributed by atoms with van der Waals surface area (Å²) in [7, 11) is 2.98. The Morgan fingerprint density at radius 1 is 1.19 bits per heavy atom. The summed E-state index contributed by atoms with van der Waals surface area (Å²) in [5.74, 6) is -0.530. The van der Waals surface area contributed by atoms with Gasteiger partial charge in [0.15, 0.2) is 0 Å². The number of rotatable bonds is 6. The number of imide groups is 1. The number of urea groups is 1. The number of thiazole rings is 1. The summed E-state index contributed by atoms with van der Waals surface area (Å²) < 4.78 is 0. The lowest BCUT2D eigenvalue weighted by molar-refractivity contribution is -0.137. The molecule has 26 heavy (non-hydrogen) atoms. The van der Waals surface area contributed by atoms with Crippen molar-refractivity contribution in [3.8, 4) is 0 Å². The van der Waals surface area contributed by atoms with Crippen molar-refractivity contribution in [1.29, 1.82) is 0 Å². The minimum absolute atomic E-state index is 0.0381. The quantitative estimate of drug-likeness (QED) is 0.727. The monoisotopic (exact) mass is 372 g/mol. The van der Waals surface area contributed by atoms with Crippen molar-refractivity contribution in [1.82, 2.24) is 19.7 Å². The molecule has 7 nitrogen and oxygen atoms in total. The van der Waals surface area contributed by atoms with Crippen LogP contribution in [-0.2, 0) is 22.7 Å². The Hall–Kier alpha value is -2.74. The maximum atomic E-state index is 12.9. The number of benzene rings is 1. The second-order valence-corrected chi connectivity index (χ2v) is 7.15. The molecule has 2 aromatic rings. The lowest BCUT2D eigenvalue weighted by Crippen LogP contribution is -2.39. The first kappa shape index (κ1) is 18.1. The van der Waals surface area contributed by atoms with E-state index in [2.05, 4.69) is 4.98 Å². The van der Waals surface area contributed by atoms with E-state index in [9.17, 15) is 14.4 Å². The summed E-state index contributed by atoms with van der Waals surface area (Å²) in [6, 6.07) is 8.52. The SMILES string of the molecule is CN1C(=O)[C@@H](CC(=O)N(Cc2ccccc2)Cc2nccs2)N(C)C1=O. The molecule has 1 saturated heterocycles. The average molecular weight is 372 g/mol. The zero-order chi connectivity index (χ0) is 18.7. The number of carbonyl (C=O) groups is 3. The van der Waals surface area contributed by atoms with Crippen LogP contribution >= 0.6 is 11.3 Å². The number of nitrogens with zero attached hydrogens (tertiary/aromatic N) is 4. The van der Waals surface area contributed by atoms with Crippen molar-refractivity contribution in [2.45, 2.75) is 25.6 Å². The Bertz CT molecular complexity index is 794. The molecule has 0 unspecified atom stereocenters. The largest absolute Gasteiger partial charge is 0.332 e. The molecule has 1 atom stereocenters. The van der Waals surface area contributed by atoms with E-state index in [0.717, 1.165) is 15.5 Å². The van der Waals surface area contributed by atoms with Gasteiger partial charge in [-0.15, -0.1) is 11.3 Å². The van der Waals surface area contributed by atoms with E-state index in [1.165, 1.54) is 23.3 Å². The minimum Gasteiger partial charge on any atom is -0.332 e. The van der Waals surface area contributed by atoms with Crippen molar-refractivity contribution in [3.05, 3.63) is 52.5 Å². The number of hydrogen-bond donors (Lipinski definition) is 0. The van der Waals surface area contributed by atoms with Crippen LogP contribution in [0, 0.1) is 0 Å². The zero-order valence-electron chi connectivity index (χ0n) is 14.7. The van der Waals surface area contributed by atoms with Gasteiger partial charge in [-0.05, 0) is 5.56 Å². The lowest BCUT2D eigenvalue weighted by Gasteiger charge is -2.24. The topological polar surface area (TPSA) is 73.8 Å². The number of hydrogen-bond acceptors (Lipinski definition) is 5. The third kappa shape index (κ3) is 3.75. The van der Waals surface area contributed by atoms with Crippen LogP contribution in [0.3, 0.4) is 0 Å². The van der Waals surface area contributed by atoms with Crippen LogP contribution in [0.2, 0.25) is 0 Å². The van der Waals surface area contributed by atoms with Gasteiger partial charge in [0.25, 0.3) is 5.91 Å². The van der Waals surface area contributed by atoms with Crippen LogP contribution in [0.5, 0.6) is 0 Å². The maximum Gasteiger partial charge on any atom is 0.326 e. The van der Waals surface area contributed by atoms with Gasteiger partial charge in [-0.3, -0.25) is 14.5 Å². The Balaban J connectivity index is 1.76. The van der Waals surface area contributed by atoms with E-state index < -0.39 is 6.04 Å². The van der Waals surface area contributed by atoms with Gasteiger partial charge in [0.05, 0.1) is 13.0 Å². The predicted molar refractivity (Wildman–Crippen MR) is 97.1 cm³/mol. The van der Waals surface area contributed by atoms with Gasteiger partial charge in [-0.25, -0.2) is 9.78 Å². The van der Waals surface area contributed by atoms with Gasteiger partial charge in [-0.2, -0.15) is 0 Å². The van der Waals surface area contributed by atoms with Crippen molar-refractivity contribution in [2.24, 2.45) is 0 Å². The van der Waals surface area contributed by atoms with Crippen LogP contribution < -0.4 is 0 Å². The van der Waals surface area contributed by atoms with Crippen molar-refractivity contribution in [3.63, 3.8) is 0 Å². The van der Waals surface area contributed by atoms with Crippen LogP contribution in [0.1, 0.15) is 17.0 Å². The zero-order valence-corrected chi connectivity index (χ0v) is 15.5. The Morgan fingerprint density at radius 3 is 2.50 bits per heavy atom. The number of amides is 4. The molecule has 4 amide bonds. The summed E-state index contributed by atoms with van der Waals surface area (Å²) in [5.41, 5.74) is 0.997. The highest BCUT2D eigenvalue weighted by molar-refractivity contribution is 7.09. The Kier molecular flexibility index (Phi) is 5.32. The van der Waals surface area contributed by atoms with Crippen molar-refractivity contribution in [2.75, 3.05) is 14.1 Å². The summed E-state index contributed by atoms with van der Waals surface area (Å²) >= 11 is 1.48. The molecular formula is C18H20N4O3S. The molecule has 1 aliphatic heterocycles. The summed E-state index contributed by atoms with van der Waals surface area (Å²) in [5, 5.41) is 2.69. The van der Waals surface area contributed by atoms with Gasteiger partial charge in [0, 0.05) is 32.2 Å². The minimum atomic E-state index is -0.755. The van der Waals surface area contributed by atoms with E-state index in [4.69, 9.17) is 0 Å². The van der Waals surface area contributed by atoms with Gasteiger partial charge >= 0.3 is 6.03 Å². The van der Waals surface area contributed by atoms with Crippen LogP contribution in [0.15, 0.2) is 41.9 Å². The molecule has 0 radical (unpaired) electrons. The smallest absolute Gasteiger partial charge is 0.326 e. The Morgan fingerprint density at radius 2 is 1.92 bits per heavy atom. The van der Waals surface area contributed by atoms with E-state index in [1.54, 1.807) is 18.1 Å². The molecular weight excluding hydrogens is 352 g/mol. The van der Waals surface area contributed by atoms with Crippen molar-refractivity contribution < 1.29 is 14.4 Å². The molecule has 3 rings (SSSR count). The molecule has 2 heterocycles. The first-order valence-corrected chi connectivity index (χ1v) is 9.09. The van der Waals surface area contributed by atoms with E-state index in [0.29, 0.717) is 13.1 Å². The first-order chi connectivity index (χ1) is 12.5. The molecule has 1 aromatic heterocycles. The fourth-order valence-electron chi connectivity index (χ4n) is 2.90. The molecule has 1 fully saturated rings. The summed E-state index contributed by atoms with van der Waals surface area (Å²) in [6.45, 7) is 0.799. The maximum absolute atomic E-state index is 12.9. The second kappa shape index (κ2) is 7.65. The van der Waals surface area contributed by atoms with E-state index >= 15 is 0 Å². The van der Waals surface area contributed by atoms with Crippen molar-refractivity contribution >= 4 is 29.2 Å². The number of carbonyl (C=O) groups excluding carboxylic acids is 3. The van der Waals surface area contributed by atoms with Gasteiger partial charge in [0.1, 0.15) is 11.0 Å². The molecule has 0 spiro atoms. The van der Waals surface area contributed by atoms with Gasteiger partial charge in [0.2, 0.25) is 5.91 Å². The highest BCUT2D eigenvalue weighted by Crippen LogP contribution is 2.20. The van der Waals surface area contributed by atoms with Gasteiger partial charge in [-0.1, -0.05) is 30.3 Å². The normalized spacial score (nSPS) is 17.1. The van der Waals surface area contributed by atoms with Crippen LogP contribution in [0.4, 0.5) is 4.79 Å². The summed E-state index contributed by atoms with van der Waals surface area (Å²) in [6.07, 6.45) is 1.66. The lowest BCUT2D eigenvalue weighted by atomic mass is 10.1. The molecule has 1 aliphatic rings. The first-order valence-electron chi connectivity index (χ1n) is 8.22. The summed E-state index contributed by atoms with van der Waals surface area (Å²) in [4.78, 5) is 45.4. The number of aromatic nitrogens is 1. The van der Waals surface area contributed by atoms with Gasteiger partial charge < -0.3 is 9.80 Å². The molecule has 1 aromatic carbocycles.